The number of halogens is 1. The molecule has 4 heteroatoms. The monoisotopic (exact) mass is 288 g/mol. The maximum Gasteiger partial charge on any atom is 0.223 e. The molecule has 2 aliphatic rings. The fourth-order valence-corrected chi connectivity index (χ4v) is 3.82. The molecule has 19 heavy (non-hydrogen) atoms. The summed E-state index contributed by atoms with van der Waals surface area (Å²) in [5, 5.41) is 0. The molecule has 1 aliphatic heterocycles. The summed E-state index contributed by atoms with van der Waals surface area (Å²) in [7, 11) is 0. The standard InChI is InChI=1S/C15H28N2O.ClH/c1-12-8-13(2)17(10-12)14(18)9-15(11-16)6-4-3-5-7-15;/h12-13H,3-11,16H2,1-2H3;1H. The van der Waals surface area contributed by atoms with E-state index in [9.17, 15) is 4.79 Å². The highest BCUT2D eigenvalue weighted by molar-refractivity contribution is 5.85. The largest absolute Gasteiger partial charge is 0.340 e. The summed E-state index contributed by atoms with van der Waals surface area (Å²) in [6, 6.07) is 0.422. The summed E-state index contributed by atoms with van der Waals surface area (Å²) in [4.78, 5) is 14.6. The number of carbonyl (C=O) groups is 1. The summed E-state index contributed by atoms with van der Waals surface area (Å²) in [5.41, 5.74) is 6.09. The third kappa shape index (κ3) is 3.85. The van der Waals surface area contributed by atoms with Gasteiger partial charge in [0.25, 0.3) is 0 Å². The molecule has 0 aromatic rings. The molecule has 3 nitrogen and oxygen atoms in total. The van der Waals surface area contributed by atoms with Crippen molar-refractivity contribution in [2.45, 2.75) is 64.8 Å². The molecule has 2 rings (SSSR count). The summed E-state index contributed by atoms with van der Waals surface area (Å²) < 4.78 is 0. The van der Waals surface area contributed by atoms with E-state index in [0.29, 0.717) is 30.8 Å². The van der Waals surface area contributed by atoms with E-state index in [0.717, 1.165) is 25.8 Å². The number of carbonyl (C=O) groups excluding carboxylic acids is 1. The number of hydrogen-bond acceptors (Lipinski definition) is 2. The summed E-state index contributed by atoms with van der Waals surface area (Å²) in [6.07, 6.45) is 7.93. The first-order valence-corrected chi connectivity index (χ1v) is 7.56. The van der Waals surface area contributed by atoms with E-state index in [2.05, 4.69) is 18.7 Å². The number of amides is 1. The van der Waals surface area contributed by atoms with Gasteiger partial charge in [0.2, 0.25) is 5.91 Å². The second-order valence-electron chi connectivity index (χ2n) is 6.68. The molecular weight excluding hydrogens is 260 g/mol. The van der Waals surface area contributed by atoms with Gasteiger partial charge >= 0.3 is 0 Å². The topological polar surface area (TPSA) is 46.3 Å². The lowest BCUT2D eigenvalue weighted by Crippen LogP contribution is -2.41. The van der Waals surface area contributed by atoms with Crippen LogP contribution in [0.5, 0.6) is 0 Å². The van der Waals surface area contributed by atoms with Crippen LogP contribution in [0.15, 0.2) is 0 Å². The van der Waals surface area contributed by atoms with Crippen LogP contribution in [0.25, 0.3) is 0 Å². The van der Waals surface area contributed by atoms with Crippen molar-refractivity contribution in [3.63, 3.8) is 0 Å². The molecule has 2 atom stereocenters. The van der Waals surface area contributed by atoms with E-state index in [-0.39, 0.29) is 17.8 Å². The van der Waals surface area contributed by atoms with Crippen LogP contribution in [-0.4, -0.2) is 29.9 Å². The quantitative estimate of drug-likeness (QED) is 0.868. The average Bonchev–Trinajstić information content (AvgIpc) is 2.70. The molecule has 1 saturated carbocycles. The minimum Gasteiger partial charge on any atom is -0.340 e. The lowest BCUT2D eigenvalue weighted by Gasteiger charge is -2.37. The van der Waals surface area contributed by atoms with Crippen molar-refractivity contribution in [1.82, 2.24) is 4.90 Å². The van der Waals surface area contributed by atoms with Gasteiger partial charge in [0.1, 0.15) is 0 Å². The first kappa shape index (κ1) is 16.8. The molecule has 1 amide bonds. The summed E-state index contributed by atoms with van der Waals surface area (Å²) in [5.74, 6) is 1.00. The average molecular weight is 289 g/mol. The number of likely N-dealkylation sites (tertiary alicyclic amines) is 1. The van der Waals surface area contributed by atoms with Crippen LogP contribution >= 0.6 is 12.4 Å². The van der Waals surface area contributed by atoms with Gasteiger partial charge in [-0.1, -0.05) is 26.2 Å². The fraction of sp³-hybridized carbons (Fsp3) is 0.933. The first-order valence-electron chi connectivity index (χ1n) is 7.56. The maximum atomic E-state index is 12.5. The molecule has 2 unspecified atom stereocenters. The smallest absolute Gasteiger partial charge is 0.223 e. The van der Waals surface area contributed by atoms with Gasteiger partial charge in [0.15, 0.2) is 0 Å². The van der Waals surface area contributed by atoms with Crippen molar-refractivity contribution in [1.29, 1.82) is 0 Å². The molecule has 1 heterocycles. The van der Waals surface area contributed by atoms with Crippen molar-refractivity contribution in [2.75, 3.05) is 13.1 Å². The molecule has 0 bridgehead atoms. The van der Waals surface area contributed by atoms with Crippen LogP contribution in [-0.2, 0) is 4.79 Å². The molecule has 0 spiro atoms. The van der Waals surface area contributed by atoms with Gasteiger partial charge in [-0.3, -0.25) is 4.79 Å². The van der Waals surface area contributed by atoms with E-state index >= 15 is 0 Å². The van der Waals surface area contributed by atoms with Gasteiger partial charge in [-0.25, -0.2) is 0 Å². The predicted molar refractivity (Wildman–Crippen MR) is 81.4 cm³/mol. The molecule has 1 aliphatic carbocycles. The van der Waals surface area contributed by atoms with Crippen molar-refractivity contribution in [3.05, 3.63) is 0 Å². The third-order valence-corrected chi connectivity index (χ3v) is 4.98. The van der Waals surface area contributed by atoms with E-state index in [4.69, 9.17) is 5.73 Å². The van der Waals surface area contributed by atoms with Gasteiger partial charge in [0, 0.05) is 19.0 Å². The van der Waals surface area contributed by atoms with E-state index < -0.39 is 0 Å². The Morgan fingerprint density at radius 3 is 2.37 bits per heavy atom. The predicted octanol–water partition coefficient (Wildman–Crippen LogP) is 2.96. The van der Waals surface area contributed by atoms with Crippen molar-refractivity contribution >= 4 is 18.3 Å². The van der Waals surface area contributed by atoms with Crippen molar-refractivity contribution in [2.24, 2.45) is 17.1 Å². The minimum atomic E-state index is 0. The number of nitrogens with two attached hydrogens (primary N) is 1. The molecule has 0 aromatic carbocycles. The molecular formula is C15H29ClN2O. The Morgan fingerprint density at radius 1 is 1.26 bits per heavy atom. The van der Waals surface area contributed by atoms with Crippen LogP contribution in [0.3, 0.4) is 0 Å². The summed E-state index contributed by atoms with van der Waals surface area (Å²) in [6.45, 7) is 6.04. The van der Waals surface area contributed by atoms with E-state index in [1.807, 2.05) is 0 Å². The Kier molecular flexibility index (Phi) is 6.13. The van der Waals surface area contributed by atoms with Gasteiger partial charge < -0.3 is 10.6 Å². The molecule has 0 aromatic heterocycles. The molecule has 0 radical (unpaired) electrons. The zero-order valence-corrected chi connectivity index (χ0v) is 13.2. The van der Waals surface area contributed by atoms with Crippen molar-refractivity contribution in [3.8, 4) is 0 Å². The van der Waals surface area contributed by atoms with E-state index in [1.165, 1.54) is 19.3 Å². The van der Waals surface area contributed by atoms with Crippen LogP contribution in [0, 0.1) is 11.3 Å². The van der Waals surface area contributed by atoms with Crippen LogP contribution in [0.1, 0.15) is 58.8 Å². The Morgan fingerprint density at radius 2 is 1.89 bits per heavy atom. The highest BCUT2D eigenvalue weighted by atomic mass is 35.5. The Balaban J connectivity index is 0.00000180. The zero-order valence-electron chi connectivity index (χ0n) is 12.4. The van der Waals surface area contributed by atoms with Gasteiger partial charge in [-0.05, 0) is 44.1 Å². The second-order valence-corrected chi connectivity index (χ2v) is 6.68. The fourth-order valence-electron chi connectivity index (χ4n) is 3.82. The highest BCUT2D eigenvalue weighted by Crippen LogP contribution is 2.39. The van der Waals surface area contributed by atoms with Crippen LogP contribution in [0.2, 0.25) is 0 Å². The Labute approximate surface area is 123 Å². The Bertz CT molecular complexity index is 303. The number of rotatable bonds is 3. The van der Waals surface area contributed by atoms with Crippen LogP contribution < -0.4 is 5.73 Å². The van der Waals surface area contributed by atoms with E-state index in [1.54, 1.807) is 0 Å². The number of nitrogens with zero attached hydrogens (tertiary/aromatic N) is 1. The SMILES string of the molecule is CC1CC(C)N(C(=O)CC2(CN)CCCCC2)C1.Cl. The lowest BCUT2D eigenvalue weighted by atomic mass is 9.71. The third-order valence-electron chi connectivity index (χ3n) is 4.98. The first-order chi connectivity index (χ1) is 8.56. The maximum absolute atomic E-state index is 12.5. The molecule has 1 saturated heterocycles. The highest BCUT2D eigenvalue weighted by Gasteiger charge is 2.37. The van der Waals surface area contributed by atoms with Gasteiger partial charge in [0.05, 0.1) is 0 Å². The minimum absolute atomic E-state index is 0. The van der Waals surface area contributed by atoms with Gasteiger partial charge in [-0.2, -0.15) is 0 Å². The van der Waals surface area contributed by atoms with Crippen LogP contribution in [0.4, 0.5) is 0 Å². The zero-order chi connectivity index (χ0) is 13.2. The molecule has 2 fully saturated rings. The number of hydrogen-bond donors (Lipinski definition) is 1. The second kappa shape index (κ2) is 6.94. The summed E-state index contributed by atoms with van der Waals surface area (Å²) >= 11 is 0. The van der Waals surface area contributed by atoms with Gasteiger partial charge in [-0.15, -0.1) is 12.4 Å². The Hall–Kier alpha value is -0.280. The lowest BCUT2D eigenvalue weighted by molar-refractivity contribution is -0.134. The normalized spacial score (nSPS) is 29.9. The molecule has 2 N–H and O–H groups in total. The van der Waals surface area contributed by atoms with Crippen molar-refractivity contribution < 1.29 is 4.79 Å². The molecule has 112 valence electrons.